The number of nitrogens with zero attached hydrogens (tertiary/aromatic N) is 1. The minimum atomic E-state index is -0.533. The van der Waals surface area contributed by atoms with Crippen molar-refractivity contribution in [3.8, 4) is 0 Å². The lowest BCUT2D eigenvalue weighted by Gasteiger charge is -2.15. The number of ether oxygens (including phenoxy) is 1. The van der Waals surface area contributed by atoms with Gasteiger partial charge in [-0.15, -0.1) is 0 Å². The van der Waals surface area contributed by atoms with Crippen molar-refractivity contribution in [1.82, 2.24) is 5.32 Å². The molecule has 1 atom stereocenters. The highest BCUT2D eigenvalue weighted by Gasteiger charge is 2.14. The number of halogens is 1. The zero-order valence-electron chi connectivity index (χ0n) is 14.5. The summed E-state index contributed by atoms with van der Waals surface area (Å²) in [6, 6.07) is 14.0. The van der Waals surface area contributed by atoms with Crippen LogP contribution in [0.25, 0.3) is 0 Å². The van der Waals surface area contributed by atoms with Crippen molar-refractivity contribution in [2.45, 2.75) is 13.0 Å². The van der Waals surface area contributed by atoms with Gasteiger partial charge in [-0.25, -0.2) is 4.79 Å². The maximum Gasteiger partial charge on any atom is 0.338 e. The van der Waals surface area contributed by atoms with Crippen LogP contribution in [0.3, 0.4) is 0 Å². The molecule has 0 heterocycles. The Bertz CT molecular complexity index is 762. The Balaban J connectivity index is 1.89. The van der Waals surface area contributed by atoms with E-state index in [-0.39, 0.29) is 18.6 Å². The van der Waals surface area contributed by atoms with Gasteiger partial charge in [0.1, 0.15) is 0 Å². The number of carbonyl (C=O) groups excluding carboxylic acids is 2. The molecule has 25 heavy (non-hydrogen) atoms. The first-order valence-electron chi connectivity index (χ1n) is 7.86. The molecule has 0 unspecified atom stereocenters. The SMILES string of the molecule is C[C@H](NC(=O)COC(=O)c1cccc(N(C)C)c1)c1cccc(Cl)c1. The van der Waals surface area contributed by atoms with E-state index in [1.54, 1.807) is 30.3 Å². The van der Waals surface area contributed by atoms with Crippen LogP contribution in [-0.2, 0) is 9.53 Å². The van der Waals surface area contributed by atoms with E-state index in [0.29, 0.717) is 10.6 Å². The summed E-state index contributed by atoms with van der Waals surface area (Å²) in [7, 11) is 3.77. The summed E-state index contributed by atoms with van der Waals surface area (Å²) >= 11 is 5.95. The van der Waals surface area contributed by atoms with Gasteiger partial charge in [0.25, 0.3) is 5.91 Å². The maximum atomic E-state index is 12.1. The molecule has 0 saturated carbocycles. The van der Waals surface area contributed by atoms with E-state index in [9.17, 15) is 9.59 Å². The highest BCUT2D eigenvalue weighted by atomic mass is 35.5. The molecule has 0 aliphatic heterocycles. The second kappa shape index (κ2) is 8.53. The first-order valence-corrected chi connectivity index (χ1v) is 8.24. The zero-order chi connectivity index (χ0) is 18.4. The quantitative estimate of drug-likeness (QED) is 0.802. The van der Waals surface area contributed by atoms with Gasteiger partial charge < -0.3 is 15.0 Å². The Morgan fingerprint density at radius 3 is 2.56 bits per heavy atom. The molecular weight excluding hydrogens is 340 g/mol. The second-order valence-corrected chi connectivity index (χ2v) is 6.30. The summed E-state index contributed by atoms with van der Waals surface area (Å²) in [5.74, 6) is -0.904. The third-order valence-electron chi connectivity index (χ3n) is 3.66. The Hall–Kier alpha value is -2.53. The average molecular weight is 361 g/mol. The number of anilines is 1. The fourth-order valence-electron chi connectivity index (χ4n) is 2.27. The number of benzene rings is 2. The average Bonchev–Trinajstić information content (AvgIpc) is 2.59. The van der Waals surface area contributed by atoms with E-state index in [2.05, 4.69) is 5.32 Å². The van der Waals surface area contributed by atoms with E-state index in [0.717, 1.165) is 11.3 Å². The van der Waals surface area contributed by atoms with Crippen LogP contribution in [0.15, 0.2) is 48.5 Å². The van der Waals surface area contributed by atoms with Gasteiger partial charge in [0.05, 0.1) is 11.6 Å². The number of hydrogen-bond acceptors (Lipinski definition) is 4. The first kappa shape index (κ1) is 18.8. The molecule has 0 saturated heterocycles. The van der Waals surface area contributed by atoms with Crippen molar-refractivity contribution in [1.29, 1.82) is 0 Å². The molecule has 0 bridgehead atoms. The van der Waals surface area contributed by atoms with Gasteiger partial charge in [-0.05, 0) is 42.8 Å². The number of amides is 1. The van der Waals surface area contributed by atoms with Crippen molar-refractivity contribution in [2.75, 3.05) is 25.6 Å². The van der Waals surface area contributed by atoms with Crippen LogP contribution in [0, 0.1) is 0 Å². The summed E-state index contributed by atoms with van der Waals surface area (Å²) in [5, 5.41) is 3.38. The van der Waals surface area contributed by atoms with Crippen LogP contribution < -0.4 is 10.2 Å². The van der Waals surface area contributed by atoms with Crippen LogP contribution >= 0.6 is 11.6 Å². The predicted molar refractivity (Wildman–Crippen MR) is 99.1 cm³/mol. The van der Waals surface area contributed by atoms with Crippen molar-refractivity contribution >= 4 is 29.2 Å². The molecule has 1 N–H and O–H groups in total. The van der Waals surface area contributed by atoms with Gasteiger partial charge >= 0.3 is 5.97 Å². The third-order valence-corrected chi connectivity index (χ3v) is 3.89. The summed E-state index contributed by atoms with van der Waals surface area (Å²) in [4.78, 5) is 26.0. The highest BCUT2D eigenvalue weighted by Crippen LogP contribution is 2.17. The van der Waals surface area contributed by atoms with Crippen LogP contribution in [0.2, 0.25) is 5.02 Å². The third kappa shape index (κ3) is 5.50. The number of hydrogen-bond donors (Lipinski definition) is 1. The van der Waals surface area contributed by atoms with Gasteiger partial charge in [-0.3, -0.25) is 4.79 Å². The lowest BCUT2D eigenvalue weighted by atomic mass is 10.1. The van der Waals surface area contributed by atoms with E-state index >= 15 is 0 Å². The number of nitrogens with one attached hydrogen (secondary N) is 1. The molecule has 0 aromatic heterocycles. The molecule has 0 fully saturated rings. The smallest absolute Gasteiger partial charge is 0.338 e. The molecule has 0 spiro atoms. The van der Waals surface area contributed by atoms with Crippen molar-refractivity contribution in [2.24, 2.45) is 0 Å². The first-order chi connectivity index (χ1) is 11.9. The predicted octanol–water partition coefficient (Wildman–Crippen LogP) is 3.44. The molecule has 6 heteroatoms. The van der Waals surface area contributed by atoms with Crippen molar-refractivity contribution < 1.29 is 14.3 Å². The van der Waals surface area contributed by atoms with Crippen molar-refractivity contribution in [3.05, 3.63) is 64.7 Å². The molecule has 2 aromatic rings. The number of esters is 1. The zero-order valence-corrected chi connectivity index (χ0v) is 15.2. The van der Waals surface area contributed by atoms with Crippen LogP contribution in [-0.4, -0.2) is 32.6 Å². The minimum Gasteiger partial charge on any atom is -0.452 e. The lowest BCUT2D eigenvalue weighted by molar-refractivity contribution is -0.124. The summed E-state index contributed by atoms with van der Waals surface area (Å²) in [5.41, 5.74) is 2.17. The highest BCUT2D eigenvalue weighted by molar-refractivity contribution is 6.30. The lowest BCUT2D eigenvalue weighted by Crippen LogP contribution is -2.31. The largest absolute Gasteiger partial charge is 0.452 e. The van der Waals surface area contributed by atoms with E-state index in [4.69, 9.17) is 16.3 Å². The Morgan fingerprint density at radius 1 is 1.16 bits per heavy atom. The summed E-state index contributed by atoms with van der Waals surface area (Å²) in [6.07, 6.45) is 0. The van der Waals surface area contributed by atoms with Crippen LogP contribution in [0.4, 0.5) is 5.69 Å². The molecule has 5 nitrogen and oxygen atoms in total. The number of carbonyl (C=O) groups is 2. The van der Waals surface area contributed by atoms with Crippen molar-refractivity contribution in [3.63, 3.8) is 0 Å². The van der Waals surface area contributed by atoms with Gasteiger partial charge in [0.15, 0.2) is 6.61 Å². The van der Waals surface area contributed by atoms with Crippen LogP contribution in [0.5, 0.6) is 0 Å². The normalized spacial score (nSPS) is 11.5. The fourth-order valence-corrected chi connectivity index (χ4v) is 2.47. The molecule has 0 radical (unpaired) electrons. The molecule has 2 aromatic carbocycles. The maximum absolute atomic E-state index is 12.1. The van der Waals surface area contributed by atoms with Gasteiger partial charge in [-0.1, -0.05) is 29.8 Å². The van der Waals surface area contributed by atoms with E-state index < -0.39 is 5.97 Å². The van der Waals surface area contributed by atoms with Gasteiger partial charge in [0, 0.05) is 24.8 Å². The molecule has 1 amide bonds. The summed E-state index contributed by atoms with van der Waals surface area (Å²) < 4.78 is 5.09. The standard InChI is InChI=1S/C19H21ClN2O3/c1-13(14-6-4-8-16(20)10-14)21-18(23)12-25-19(24)15-7-5-9-17(11-15)22(2)3/h4-11,13H,12H2,1-3H3,(H,21,23)/t13-/m0/s1. The number of rotatable bonds is 6. The Morgan fingerprint density at radius 2 is 1.88 bits per heavy atom. The monoisotopic (exact) mass is 360 g/mol. The van der Waals surface area contributed by atoms with Crippen LogP contribution in [0.1, 0.15) is 28.9 Å². The Labute approximate surface area is 152 Å². The molecule has 132 valence electrons. The van der Waals surface area contributed by atoms with Gasteiger partial charge in [-0.2, -0.15) is 0 Å². The fraction of sp³-hybridized carbons (Fsp3) is 0.263. The Kier molecular flexibility index (Phi) is 6.42. The summed E-state index contributed by atoms with van der Waals surface area (Å²) in [6.45, 7) is 1.50. The van der Waals surface area contributed by atoms with E-state index in [1.165, 1.54) is 0 Å². The molecule has 2 rings (SSSR count). The molecular formula is C19H21ClN2O3. The van der Waals surface area contributed by atoms with E-state index in [1.807, 2.05) is 44.1 Å². The topological polar surface area (TPSA) is 58.6 Å². The molecule has 0 aliphatic rings. The second-order valence-electron chi connectivity index (χ2n) is 5.87. The minimum absolute atomic E-state index is 0.234. The van der Waals surface area contributed by atoms with Gasteiger partial charge in [0.2, 0.25) is 0 Å². The molecule has 0 aliphatic carbocycles.